The van der Waals surface area contributed by atoms with Gasteiger partial charge in [-0.2, -0.15) is 4.31 Å². The van der Waals surface area contributed by atoms with E-state index in [1.807, 2.05) is 11.5 Å². The SMILES string of the molecule is Cc1cc(C(=O)COC(=O)C=Cc2ccco2)c(C)n1-c1cccc(S(=O)(=O)N2CCOCC2)c1. The molecule has 2 aromatic heterocycles. The molecule has 0 atom stereocenters. The summed E-state index contributed by atoms with van der Waals surface area (Å²) < 4.78 is 44.8. The third-order valence-electron chi connectivity index (χ3n) is 5.69. The van der Waals surface area contributed by atoms with Gasteiger partial charge in [0.15, 0.2) is 6.61 Å². The van der Waals surface area contributed by atoms with Gasteiger partial charge in [0.05, 0.1) is 24.4 Å². The lowest BCUT2D eigenvalue weighted by molar-refractivity contribution is -0.136. The van der Waals surface area contributed by atoms with Gasteiger partial charge in [-0.1, -0.05) is 6.07 Å². The molecular weight excluding hydrogens is 472 g/mol. The summed E-state index contributed by atoms with van der Waals surface area (Å²) in [7, 11) is -3.67. The van der Waals surface area contributed by atoms with Crippen LogP contribution in [0.4, 0.5) is 0 Å². The third kappa shape index (κ3) is 5.45. The van der Waals surface area contributed by atoms with Gasteiger partial charge in [-0.25, -0.2) is 13.2 Å². The molecule has 1 aliphatic rings. The van der Waals surface area contributed by atoms with Gasteiger partial charge in [0, 0.05) is 41.8 Å². The quantitative estimate of drug-likeness (QED) is 0.267. The molecule has 10 heteroatoms. The zero-order valence-corrected chi connectivity index (χ0v) is 20.3. The number of hydrogen-bond donors (Lipinski definition) is 0. The number of rotatable bonds is 8. The topological polar surface area (TPSA) is 108 Å². The van der Waals surface area contributed by atoms with Crippen molar-refractivity contribution >= 4 is 27.9 Å². The van der Waals surface area contributed by atoms with Crippen molar-refractivity contribution in [3.63, 3.8) is 0 Å². The molecule has 0 N–H and O–H groups in total. The Labute approximate surface area is 203 Å². The molecule has 4 rings (SSSR count). The van der Waals surface area contributed by atoms with Gasteiger partial charge in [-0.05, 0) is 56.3 Å². The van der Waals surface area contributed by atoms with Crippen LogP contribution in [0, 0.1) is 13.8 Å². The van der Waals surface area contributed by atoms with Crippen molar-refractivity contribution < 1.29 is 31.9 Å². The molecular formula is C25H26N2O7S. The van der Waals surface area contributed by atoms with Gasteiger partial charge in [-0.3, -0.25) is 4.79 Å². The lowest BCUT2D eigenvalue weighted by Crippen LogP contribution is -2.40. The number of morpholine rings is 1. The van der Waals surface area contributed by atoms with Crippen LogP contribution in [0.15, 0.2) is 64.1 Å². The molecule has 1 saturated heterocycles. The number of ether oxygens (including phenoxy) is 2. The minimum Gasteiger partial charge on any atom is -0.465 e. The lowest BCUT2D eigenvalue weighted by atomic mass is 10.1. The van der Waals surface area contributed by atoms with E-state index in [9.17, 15) is 18.0 Å². The average molecular weight is 499 g/mol. The summed E-state index contributed by atoms with van der Waals surface area (Å²) in [6.07, 6.45) is 4.13. The number of sulfonamides is 1. The first-order valence-electron chi connectivity index (χ1n) is 11.1. The van der Waals surface area contributed by atoms with E-state index in [0.29, 0.717) is 49.0 Å². The number of carbonyl (C=O) groups is 2. The van der Waals surface area contributed by atoms with Crippen molar-refractivity contribution in [1.29, 1.82) is 0 Å². The summed E-state index contributed by atoms with van der Waals surface area (Å²) >= 11 is 0. The Balaban J connectivity index is 1.51. The average Bonchev–Trinajstić information content (AvgIpc) is 3.49. The fourth-order valence-corrected chi connectivity index (χ4v) is 5.41. The first-order chi connectivity index (χ1) is 16.8. The van der Waals surface area contributed by atoms with Crippen LogP contribution in [0.25, 0.3) is 11.8 Å². The van der Waals surface area contributed by atoms with E-state index in [2.05, 4.69) is 0 Å². The van der Waals surface area contributed by atoms with E-state index in [1.54, 1.807) is 49.4 Å². The Bertz CT molecular complexity index is 1350. The maximum absolute atomic E-state index is 13.1. The first kappa shape index (κ1) is 24.6. The number of aryl methyl sites for hydroxylation is 1. The number of nitrogens with zero attached hydrogens (tertiary/aromatic N) is 2. The van der Waals surface area contributed by atoms with Crippen LogP contribution in [-0.4, -0.2) is 62.0 Å². The summed E-state index contributed by atoms with van der Waals surface area (Å²) in [6, 6.07) is 11.7. The fraction of sp³-hybridized carbons (Fsp3) is 0.280. The highest BCUT2D eigenvalue weighted by Crippen LogP contribution is 2.25. The summed E-state index contributed by atoms with van der Waals surface area (Å²) in [6.45, 7) is 4.52. The minimum absolute atomic E-state index is 0.176. The zero-order chi connectivity index (χ0) is 25.0. The molecule has 0 saturated carbocycles. The van der Waals surface area contributed by atoms with Crippen molar-refractivity contribution in [3.8, 4) is 5.69 Å². The van der Waals surface area contributed by atoms with E-state index in [4.69, 9.17) is 13.9 Å². The number of hydrogen-bond acceptors (Lipinski definition) is 7. The molecule has 0 spiro atoms. The van der Waals surface area contributed by atoms with Crippen LogP contribution in [0.3, 0.4) is 0 Å². The van der Waals surface area contributed by atoms with Gasteiger partial charge < -0.3 is 18.5 Å². The van der Waals surface area contributed by atoms with Crippen LogP contribution in [0.2, 0.25) is 0 Å². The molecule has 0 bridgehead atoms. The fourth-order valence-electron chi connectivity index (χ4n) is 3.96. The number of aromatic nitrogens is 1. The molecule has 184 valence electrons. The van der Waals surface area contributed by atoms with Crippen molar-refractivity contribution in [2.75, 3.05) is 32.9 Å². The van der Waals surface area contributed by atoms with Crippen molar-refractivity contribution in [2.24, 2.45) is 0 Å². The molecule has 3 heterocycles. The van der Waals surface area contributed by atoms with Crippen LogP contribution in [-0.2, 0) is 24.3 Å². The highest BCUT2D eigenvalue weighted by Gasteiger charge is 2.27. The van der Waals surface area contributed by atoms with E-state index in [-0.39, 0.29) is 10.7 Å². The minimum atomic E-state index is -3.67. The van der Waals surface area contributed by atoms with Crippen LogP contribution in [0.5, 0.6) is 0 Å². The van der Waals surface area contributed by atoms with Crippen molar-refractivity contribution in [1.82, 2.24) is 8.87 Å². The molecule has 0 amide bonds. The van der Waals surface area contributed by atoms with Gasteiger partial charge in [0.2, 0.25) is 15.8 Å². The van der Waals surface area contributed by atoms with Crippen molar-refractivity contribution in [3.05, 3.63) is 77.5 Å². The predicted molar refractivity (Wildman–Crippen MR) is 128 cm³/mol. The Morgan fingerprint density at radius 3 is 2.57 bits per heavy atom. The summed E-state index contributed by atoms with van der Waals surface area (Å²) in [5.41, 5.74) is 2.38. The molecule has 1 aliphatic heterocycles. The van der Waals surface area contributed by atoms with Crippen molar-refractivity contribution in [2.45, 2.75) is 18.7 Å². The largest absolute Gasteiger partial charge is 0.465 e. The van der Waals surface area contributed by atoms with Gasteiger partial charge in [0.25, 0.3) is 0 Å². The summed E-state index contributed by atoms with van der Waals surface area (Å²) in [5.74, 6) is -0.527. The first-order valence-corrected chi connectivity index (χ1v) is 12.5. The normalized spacial score (nSPS) is 14.9. The molecule has 9 nitrogen and oxygen atoms in total. The molecule has 0 radical (unpaired) electrons. The summed E-state index contributed by atoms with van der Waals surface area (Å²) in [5, 5.41) is 0. The van der Waals surface area contributed by atoms with E-state index in [0.717, 1.165) is 5.69 Å². The number of furan rings is 1. The number of benzene rings is 1. The predicted octanol–water partition coefficient (Wildman–Crippen LogP) is 3.15. The Hall–Kier alpha value is -3.47. The smallest absolute Gasteiger partial charge is 0.331 e. The lowest BCUT2D eigenvalue weighted by Gasteiger charge is -2.26. The number of ketones is 1. The second kappa shape index (κ2) is 10.4. The van der Waals surface area contributed by atoms with E-state index < -0.39 is 22.6 Å². The van der Waals surface area contributed by atoms with E-state index in [1.165, 1.54) is 22.7 Å². The molecule has 0 aliphatic carbocycles. The van der Waals surface area contributed by atoms with Gasteiger partial charge >= 0.3 is 5.97 Å². The highest BCUT2D eigenvalue weighted by atomic mass is 32.2. The van der Waals surface area contributed by atoms with Crippen LogP contribution < -0.4 is 0 Å². The molecule has 3 aromatic rings. The molecule has 35 heavy (non-hydrogen) atoms. The Morgan fingerprint density at radius 2 is 1.86 bits per heavy atom. The number of Topliss-reactive ketones (excluding diaryl/α,β-unsaturated/α-hetero) is 1. The second-order valence-corrected chi connectivity index (χ2v) is 9.95. The Kier molecular flexibility index (Phi) is 7.34. The maximum Gasteiger partial charge on any atom is 0.331 e. The van der Waals surface area contributed by atoms with Crippen LogP contribution in [0.1, 0.15) is 27.5 Å². The highest BCUT2D eigenvalue weighted by molar-refractivity contribution is 7.89. The summed E-state index contributed by atoms with van der Waals surface area (Å²) in [4.78, 5) is 24.9. The maximum atomic E-state index is 13.1. The van der Waals surface area contributed by atoms with Crippen LogP contribution >= 0.6 is 0 Å². The zero-order valence-electron chi connectivity index (χ0n) is 19.5. The molecule has 1 aromatic carbocycles. The standard InChI is InChI=1S/C25H26N2O7S/c1-18-15-23(24(28)17-34-25(29)9-8-21-6-4-12-33-21)19(2)27(18)20-5-3-7-22(16-20)35(30,31)26-10-13-32-14-11-26/h3-9,12,15-16H,10-11,13-14,17H2,1-2H3. The third-order valence-corrected chi connectivity index (χ3v) is 7.58. The number of esters is 1. The second-order valence-electron chi connectivity index (χ2n) is 8.01. The monoisotopic (exact) mass is 498 g/mol. The van der Waals surface area contributed by atoms with Gasteiger partial charge in [-0.15, -0.1) is 0 Å². The van der Waals surface area contributed by atoms with Gasteiger partial charge in [0.1, 0.15) is 5.76 Å². The van der Waals surface area contributed by atoms with E-state index >= 15 is 0 Å². The number of carbonyl (C=O) groups excluding carboxylic acids is 2. The molecule has 0 unspecified atom stereocenters. The Morgan fingerprint density at radius 1 is 1.09 bits per heavy atom. The molecule has 1 fully saturated rings.